The van der Waals surface area contributed by atoms with Gasteiger partial charge in [0.15, 0.2) is 0 Å². The van der Waals surface area contributed by atoms with Crippen molar-refractivity contribution in [3.8, 4) is 0 Å². The predicted molar refractivity (Wildman–Crippen MR) is 66.5 cm³/mol. The summed E-state index contributed by atoms with van der Waals surface area (Å²) in [6.45, 7) is 3.69. The fraction of sp³-hybridized carbons (Fsp3) is 0.500. The fourth-order valence-electron chi connectivity index (χ4n) is 1.90. The monoisotopic (exact) mass is 250 g/mol. The van der Waals surface area contributed by atoms with Crippen LogP contribution in [0.5, 0.6) is 0 Å². The average molecular weight is 250 g/mol. The van der Waals surface area contributed by atoms with Gasteiger partial charge in [0.2, 0.25) is 0 Å². The molecule has 2 unspecified atom stereocenters. The number of aliphatic carboxylic acids is 1. The van der Waals surface area contributed by atoms with Crippen LogP contribution in [0.2, 0.25) is 0 Å². The summed E-state index contributed by atoms with van der Waals surface area (Å²) < 4.78 is 10.9. The van der Waals surface area contributed by atoms with E-state index in [0.29, 0.717) is 13.2 Å². The number of benzene rings is 1. The number of carboxylic acid groups (broad SMARTS) is 1. The lowest BCUT2D eigenvalue weighted by molar-refractivity contribution is -0.138. The van der Waals surface area contributed by atoms with Crippen LogP contribution in [0.4, 0.5) is 0 Å². The summed E-state index contributed by atoms with van der Waals surface area (Å²) in [5.74, 6) is -1.27. The number of rotatable bonds is 5. The Hall–Kier alpha value is -1.39. The largest absolute Gasteiger partial charge is 0.481 e. The van der Waals surface area contributed by atoms with E-state index in [9.17, 15) is 4.79 Å². The molecule has 0 radical (unpaired) electrons. The quantitative estimate of drug-likeness (QED) is 0.870. The van der Waals surface area contributed by atoms with Gasteiger partial charge in [0, 0.05) is 6.61 Å². The van der Waals surface area contributed by atoms with Gasteiger partial charge in [0.25, 0.3) is 0 Å². The Morgan fingerprint density at radius 3 is 2.78 bits per heavy atom. The van der Waals surface area contributed by atoms with E-state index in [0.717, 1.165) is 24.2 Å². The van der Waals surface area contributed by atoms with E-state index in [1.54, 1.807) is 6.92 Å². The molecule has 4 nitrogen and oxygen atoms in total. The molecule has 2 atom stereocenters. The van der Waals surface area contributed by atoms with Crippen molar-refractivity contribution in [2.24, 2.45) is 0 Å². The van der Waals surface area contributed by atoms with E-state index >= 15 is 0 Å². The Kier molecular flexibility index (Phi) is 4.33. The van der Waals surface area contributed by atoms with Crippen molar-refractivity contribution in [2.45, 2.75) is 32.0 Å². The topological polar surface area (TPSA) is 55.8 Å². The zero-order chi connectivity index (χ0) is 13.0. The third-order valence-corrected chi connectivity index (χ3v) is 3.22. The Bertz CT molecular complexity index is 393. The van der Waals surface area contributed by atoms with Crippen LogP contribution in [0.1, 0.15) is 30.4 Å². The molecular formula is C14H18O4. The van der Waals surface area contributed by atoms with Crippen LogP contribution in [-0.4, -0.2) is 30.4 Å². The third kappa shape index (κ3) is 3.31. The smallest absolute Gasteiger partial charge is 0.310 e. The summed E-state index contributed by atoms with van der Waals surface area (Å²) in [6.07, 6.45) is 1.15. The van der Waals surface area contributed by atoms with E-state index < -0.39 is 11.9 Å². The van der Waals surface area contributed by atoms with Crippen LogP contribution in [0.15, 0.2) is 24.3 Å². The third-order valence-electron chi connectivity index (χ3n) is 3.22. The Balaban J connectivity index is 1.88. The lowest BCUT2D eigenvalue weighted by atomic mass is 10.0. The molecule has 0 aromatic heterocycles. The normalized spacial score (nSPS) is 20.8. The van der Waals surface area contributed by atoms with Gasteiger partial charge in [-0.25, -0.2) is 0 Å². The van der Waals surface area contributed by atoms with Crippen molar-refractivity contribution in [1.82, 2.24) is 0 Å². The molecule has 98 valence electrons. The van der Waals surface area contributed by atoms with Gasteiger partial charge in [-0.15, -0.1) is 0 Å². The molecule has 1 aromatic rings. The van der Waals surface area contributed by atoms with E-state index in [1.807, 2.05) is 24.3 Å². The first kappa shape index (κ1) is 13.1. The molecule has 4 heteroatoms. The molecule has 0 bridgehead atoms. The second kappa shape index (κ2) is 5.98. The highest BCUT2D eigenvalue weighted by molar-refractivity contribution is 5.75. The van der Waals surface area contributed by atoms with Crippen molar-refractivity contribution in [3.05, 3.63) is 35.4 Å². The SMILES string of the molecule is CC(C(=O)O)c1ccc(COC2CCOC2)cc1. The second-order valence-corrected chi connectivity index (χ2v) is 4.60. The van der Waals surface area contributed by atoms with Crippen LogP contribution in [0, 0.1) is 0 Å². The van der Waals surface area contributed by atoms with Crippen molar-refractivity contribution in [2.75, 3.05) is 13.2 Å². The van der Waals surface area contributed by atoms with E-state index in [1.165, 1.54) is 0 Å². The lowest BCUT2D eigenvalue weighted by Gasteiger charge is -2.11. The van der Waals surface area contributed by atoms with E-state index in [2.05, 4.69) is 0 Å². The maximum atomic E-state index is 10.8. The maximum Gasteiger partial charge on any atom is 0.310 e. The summed E-state index contributed by atoms with van der Waals surface area (Å²) >= 11 is 0. The highest BCUT2D eigenvalue weighted by atomic mass is 16.5. The molecule has 1 N–H and O–H groups in total. The summed E-state index contributed by atoms with van der Waals surface area (Å²) in [5.41, 5.74) is 1.87. The molecular weight excluding hydrogens is 232 g/mol. The molecule has 1 aliphatic rings. The molecule has 1 aliphatic heterocycles. The van der Waals surface area contributed by atoms with Gasteiger partial charge in [0.05, 0.1) is 25.2 Å². The van der Waals surface area contributed by atoms with Crippen LogP contribution in [0.25, 0.3) is 0 Å². The number of ether oxygens (including phenoxy) is 2. The lowest BCUT2D eigenvalue weighted by Crippen LogP contribution is -2.12. The molecule has 1 aromatic carbocycles. The van der Waals surface area contributed by atoms with Gasteiger partial charge in [-0.3, -0.25) is 4.79 Å². The van der Waals surface area contributed by atoms with Crippen LogP contribution >= 0.6 is 0 Å². The molecule has 1 fully saturated rings. The van der Waals surface area contributed by atoms with E-state index in [-0.39, 0.29) is 6.10 Å². The molecule has 0 aliphatic carbocycles. The molecule has 0 amide bonds. The molecule has 18 heavy (non-hydrogen) atoms. The van der Waals surface area contributed by atoms with E-state index in [4.69, 9.17) is 14.6 Å². The number of hydrogen-bond acceptors (Lipinski definition) is 3. The van der Waals surface area contributed by atoms with Crippen LogP contribution in [-0.2, 0) is 20.9 Å². The average Bonchev–Trinajstić information content (AvgIpc) is 2.89. The van der Waals surface area contributed by atoms with Gasteiger partial charge < -0.3 is 14.6 Å². The van der Waals surface area contributed by atoms with Gasteiger partial charge in [-0.1, -0.05) is 24.3 Å². The minimum Gasteiger partial charge on any atom is -0.481 e. The molecule has 2 rings (SSSR count). The zero-order valence-corrected chi connectivity index (χ0v) is 10.5. The molecule has 0 saturated carbocycles. The van der Waals surface area contributed by atoms with Gasteiger partial charge in [-0.05, 0) is 24.5 Å². The summed E-state index contributed by atoms with van der Waals surface area (Å²) in [4.78, 5) is 10.8. The van der Waals surface area contributed by atoms with Crippen molar-refractivity contribution in [3.63, 3.8) is 0 Å². The Morgan fingerprint density at radius 1 is 1.50 bits per heavy atom. The molecule has 1 saturated heterocycles. The minimum absolute atomic E-state index is 0.197. The van der Waals surface area contributed by atoms with Crippen molar-refractivity contribution >= 4 is 5.97 Å². The minimum atomic E-state index is -0.804. The summed E-state index contributed by atoms with van der Waals surface area (Å²) in [6, 6.07) is 7.54. The number of hydrogen-bond donors (Lipinski definition) is 1. The van der Waals surface area contributed by atoms with Gasteiger partial charge in [0.1, 0.15) is 0 Å². The number of carbonyl (C=O) groups is 1. The number of carboxylic acids is 1. The molecule has 0 spiro atoms. The highest BCUT2D eigenvalue weighted by Crippen LogP contribution is 2.17. The summed E-state index contributed by atoms with van der Waals surface area (Å²) in [7, 11) is 0. The zero-order valence-electron chi connectivity index (χ0n) is 10.5. The predicted octanol–water partition coefficient (Wildman–Crippen LogP) is 2.18. The highest BCUT2D eigenvalue weighted by Gasteiger charge is 2.16. The van der Waals surface area contributed by atoms with Gasteiger partial charge in [-0.2, -0.15) is 0 Å². The van der Waals surface area contributed by atoms with Crippen molar-refractivity contribution in [1.29, 1.82) is 0 Å². The van der Waals surface area contributed by atoms with Crippen molar-refractivity contribution < 1.29 is 19.4 Å². The first-order valence-electron chi connectivity index (χ1n) is 6.18. The van der Waals surface area contributed by atoms with Crippen LogP contribution in [0.3, 0.4) is 0 Å². The van der Waals surface area contributed by atoms with Crippen LogP contribution < -0.4 is 0 Å². The standard InChI is InChI=1S/C14H18O4/c1-10(14(15)16)12-4-2-11(3-5-12)8-18-13-6-7-17-9-13/h2-5,10,13H,6-9H2,1H3,(H,15,16). The maximum absolute atomic E-state index is 10.8. The van der Waals surface area contributed by atoms with Gasteiger partial charge >= 0.3 is 5.97 Å². The molecule has 1 heterocycles. The Labute approximate surface area is 107 Å². The first-order valence-corrected chi connectivity index (χ1v) is 6.18. The second-order valence-electron chi connectivity index (χ2n) is 4.60. The Morgan fingerprint density at radius 2 is 2.22 bits per heavy atom. The summed E-state index contributed by atoms with van der Waals surface area (Å²) in [5, 5.41) is 8.91. The fourth-order valence-corrected chi connectivity index (χ4v) is 1.90. The first-order chi connectivity index (χ1) is 8.66.